The summed E-state index contributed by atoms with van der Waals surface area (Å²) in [5.41, 5.74) is 1.42. The first kappa shape index (κ1) is 20.6. The summed E-state index contributed by atoms with van der Waals surface area (Å²) < 4.78 is 1.59. The molecule has 29 heavy (non-hydrogen) atoms. The van der Waals surface area contributed by atoms with E-state index in [9.17, 15) is 14.4 Å². The first-order valence-electron chi connectivity index (χ1n) is 9.10. The van der Waals surface area contributed by atoms with E-state index in [1.54, 1.807) is 23.7 Å². The highest BCUT2D eigenvalue weighted by atomic mass is 32.2. The number of amides is 2. The molecule has 7 nitrogen and oxygen atoms in total. The van der Waals surface area contributed by atoms with Gasteiger partial charge in [0.25, 0.3) is 5.56 Å². The largest absolute Gasteiger partial charge is 0.358 e. The molecule has 0 saturated heterocycles. The van der Waals surface area contributed by atoms with Gasteiger partial charge in [-0.1, -0.05) is 54.2 Å². The van der Waals surface area contributed by atoms with Crippen LogP contribution in [-0.2, 0) is 16.1 Å². The number of nitrogens with one attached hydrogen (secondary N) is 1. The summed E-state index contributed by atoms with van der Waals surface area (Å²) in [5.74, 6) is -0.379. The maximum atomic E-state index is 13.1. The minimum Gasteiger partial charge on any atom is -0.358 e. The maximum Gasteiger partial charge on any atom is 0.262 e. The van der Waals surface area contributed by atoms with Crippen molar-refractivity contribution in [2.75, 3.05) is 26.4 Å². The predicted molar refractivity (Wildman–Crippen MR) is 114 cm³/mol. The molecule has 0 aliphatic rings. The van der Waals surface area contributed by atoms with Gasteiger partial charge in [-0.15, -0.1) is 0 Å². The SMILES string of the molecule is CNC(=O)CN(C)C(=O)CSc1nc2ccccc2c(=O)n1Cc1ccccc1. The lowest BCUT2D eigenvalue weighted by molar-refractivity contribution is -0.132. The summed E-state index contributed by atoms with van der Waals surface area (Å²) in [5, 5.41) is 3.50. The Bertz CT molecular complexity index is 1080. The number of rotatable bonds is 7. The first-order chi connectivity index (χ1) is 14.0. The van der Waals surface area contributed by atoms with E-state index in [4.69, 9.17) is 0 Å². The first-order valence-corrected chi connectivity index (χ1v) is 10.1. The van der Waals surface area contributed by atoms with Gasteiger partial charge in [0.05, 0.1) is 29.7 Å². The monoisotopic (exact) mass is 410 g/mol. The number of carbonyl (C=O) groups excluding carboxylic acids is 2. The molecule has 0 fully saturated rings. The van der Waals surface area contributed by atoms with Crippen molar-refractivity contribution in [1.82, 2.24) is 19.8 Å². The molecule has 3 aromatic rings. The minimum atomic E-state index is -0.240. The Morgan fingerprint density at radius 1 is 1.10 bits per heavy atom. The van der Waals surface area contributed by atoms with Gasteiger partial charge in [0.15, 0.2) is 5.16 Å². The Labute approximate surface area is 172 Å². The van der Waals surface area contributed by atoms with Crippen molar-refractivity contribution in [1.29, 1.82) is 0 Å². The van der Waals surface area contributed by atoms with E-state index in [-0.39, 0.29) is 29.7 Å². The molecule has 0 aliphatic heterocycles. The standard InChI is InChI=1S/C21H22N4O3S/c1-22-18(26)13-24(2)19(27)14-29-21-23-17-11-7-6-10-16(17)20(28)25(21)12-15-8-4-3-5-9-15/h3-11H,12-14H2,1-2H3,(H,22,26). The van der Waals surface area contributed by atoms with E-state index < -0.39 is 0 Å². The third-order valence-corrected chi connectivity index (χ3v) is 5.38. The minimum absolute atomic E-state index is 0.0160. The van der Waals surface area contributed by atoms with Gasteiger partial charge in [0.1, 0.15) is 0 Å². The van der Waals surface area contributed by atoms with E-state index in [1.807, 2.05) is 42.5 Å². The van der Waals surface area contributed by atoms with Gasteiger partial charge in [0, 0.05) is 14.1 Å². The molecule has 0 unspecified atom stereocenters. The number of para-hydroxylation sites is 1. The van der Waals surface area contributed by atoms with E-state index in [1.165, 1.54) is 23.7 Å². The van der Waals surface area contributed by atoms with Crippen molar-refractivity contribution in [3.63, 3.8) is 0 Å². The smallest absolute Gasteiger partial charge is 0.262 e. The van der Waals surface area contributed by atoms with Gasteiger partial charge < -0.3 is 10.2 Å². The van der Waals surface area contributed by atoms with Crippen molar-refractivity contribution >= 4 is 34.5 Å². The summed E-state index contributed by atoms with van der Waals surface area (Å²) in [7, 11) is 3.10. The van der Waals surface area contributed by atoms with Crippen LogP contribution in [0.1, 0.15) is 5.56 Å². The number of carbonyl (C=O) groups is 2. The number of hydrogen-bond donors (Lipinski definition) is 1. The molecular weight excluding hydrogens is 388 g/mol. The fourth-order valence-electron chi connectivity index (χ4n) is 2.78. The quantitative estimate of drug-likeness (QED) is 0.474. The molecule has 0 radical (unpaired) electrons. The summed E-state index contributed by atoms with van der Waals surface area (Å²) in [6, 6.07) is 16.8. The van der Waals surface area contributed by atoms with Crippen LogP contribution in [-0.4, -0.2) is 52.7 Å². The van der Waals surface area contributed by atoms with Crippen LogP contribution in [0.2, 0.25) is 0 Å². The van der Waals surface area contributed by atoms with E-state index in [0.29, 0.717) is 22.6 Å². The number of likely N-dealkylation sites (N-methyl/N-ethyl adjacent to an activating group) is 2. The molecule has 0 aliphatic carbocycles. The van der Waals surface area contributed by atoms with Crippen LogP contribution in [0.4, 0.5) is 0 Å². The van der Waals surface area contributed by atoms with Crippen molar-refractivity contribution in [3.8, 4) is 0 Å². The van der Waals surface area contributed by atoms with Gasteiger partial charge in [-0.25, -0.2) is 4.98 Å². The lowest BCUT2D eigenvalue weighted by atomic mass is 10.2. The topological polar surface area (TPSA) is 84.3 Å². The Hall–Kier alpha value is -3.13. The zero-order chi connectivity index (χ0) is 20.8. The number of fused-ring (bicyclic) bond motifs is 1. The van der Waals surface area contributed by atoms with Crippen LogP contribution in [0.3, 0.4) is 0 Å². The van der Waals surface area contributed by atoms with E-state index in [2.05, 4.69) is 10.3 Å². The van der Waals surface area contributed by atoms with Gasteiger partial charge in [-0.2, -0.15) is 0 Å². The molecule has 3 rings (SSSR count). The van der Waals surface area contributed by atoms with E-state index in [0.717, 1.165) is 5.56 Å². The fourth-order valence-corrected chi connectivity index (χ4v) is 3.72. The highest BCUT2D eigenvalue weighted by Crippen LogP contribution is 2.19. The zero-order valence-electron chi connectivity index (χ0n) is 16.3. The van der Waals surface area contributed by atoms with Crippen LogP contribution in [0.25, 0.3) is 10.9 Å². The van der Waals surface area contributed by atoms with Gasteiger partial charge >= 0.3 is 0 Å². The number of benzene rings is 2. The third-order valence-electron chi connectivity index (χ3n) is 4.42. The Morgan fingerprint density at radius 2 is 1.79 bits per heavy atom. The lowest BCUT2D eigenvalue weighted by Crippen LogP contribution is -2.37. The lowest BCUT2D eigenvalue weighted by Gasteiger charge is -2.17. The molecular formula is C21H22N4O3S. The van der Waals surface area contributed by atoms with Crippen LogP contribution >= 0.6 is 11.8 Å². The number of thioether (sulfide) groups is 1. The Kier molecular flexibility index (Phi) is 6.66. The summed E-state index contributed by atoms with van der Waals surface area (Å²) in [6.07, 6.45) is 0. The van der Waals surface area contributed by atoms with Crippen molar-refractivity contribution in [2.45, 2.75) is 11.7 Å². The molecule has 2 amide bonds. The Morgan fingerprint density at radius 3 is 2.52 bits per heavy atom. The molecule has 1 heterocycles. The molecule has 0 bridgehead atoms. The van der Waals surface area contributed by atoms with Gasteiger partial charge in [-0.3, -0.25) is 19.0 Å². The molecule has 150 valence electrons. The summed E-state index contributed by atoms with van der Waals surface area (Å²) in [4.78, 5) is 42.9. The molecule has 0 saturated carbocycles. The van der Waals surface area contributed by atoms with Gasteiger partial charge in [0.2, 0.25) is 11.8 Å². The second-order valence-electron chi connectivity index (χ2n) is 6.50. The van der Waals surface area contributed by atoms with Crippen molar-refractivity contribution < 1.29 is 9.59 Å². The van der Waals surface area contributed by atoms with Gasteiger partial charge in [-0.05, 0) is 17.7 Å². The summed E-state index contributed by atoms with van der Waals surface area (Å²) in [6.45, 7) is 0.347. The van der Waals surface area contributed by atoms with Crippen molar-refractivity contribution in [3.05, 3.63) is 70.5 Å². The van der Waals surface area contributed by atoms with Crippen LogP contribution in [0.15, 0.2) is 64.5 Å². The second-order valence-corrected chi connectivity index (χ2v) is 7.44. The zero-order valence-corrected chi connectivity index (χ0v) is 17.1. The van der Waals surface area contributed by atoms with Crippen LogP contribution < -0.4 is 10.9 Å². The van der Waals surface area contributed by atoms with Crippen LogP contribution in [0, 0.1) is 0 Å². The maximum absolute atomic E-state index is 13.1. The molecule has 1 aromatic heterocycles. The molecule has 0 atom stereocenters. The second kappa shape index (κ2) is 9.38. The highest BCUT2D eigenvalue weighted by molar-refractivity contribution is 7.99. The van der Waals surface area contributed by atoms with Crippen molar-refractivity contribution in [2.24, 2.45) is 0 Å². The molecule has 1 N–H and O–H groups in total. The Balaban J connectivity index is 1.89. The average Bonchev–Trinajstić information content (AvgIpc) is 2.74. The molecule has 0 spiro atoms. The van der Waals surface area contributed by atoms with Crippen LogP contribution in [0.5, 0.6) is 0 Å². The fraction of sp³-hybridized carbons (Fsp3) is 0.238. The highest BCUT2D eigenvalue weighted by Gasteiger charge is 2.16. The normalized spacial score (nSPS) is 10.7. The molecule has 8 heteroatoms. The number of hydrogen-bond acceptors (Lipinski definition) is 5. The molecule has 2 aromatic carbocycles. The third kappa shape index (κ3) is 5.03. The average molecular weight is 410 g/mol. The predicted octanol–water partition coefficient (Wildman–Crippen LogP) is 1.74. The number of aromatic nitrogens is 2. The number of nitrogens with zero attached hydrogens (tertiary/aromatic N) is 3. The van der Waals surface area contributed by atoms with E-state index >= 15 is 0 Å². The summed E-state index contributed by atoms with van der Waals surface area (Å²) >= 11 is 1.20.